The Morgan fingerprint density at radius 2 is 1.28 bits per heavy atom. The van der Waals surface area contributed by atoms with Crippen LogP contribution in [0.5, 0.6) is 5.75 Å². The molecule has 6 rings (SSSR count). The Balaban J connectivity index is 1.46. The molecule has 0 atom stereocenters. The molecule has 2 heterocycles. The summed E-state index contributed by atoms with van der Waals surface area (Å²) in [6.07, 6.45) is 0. The molecule has 0 spiro atoms. The summed E-state index contributed by atoms with van der Waals surface area (Å²) in [5, 5.41) is 19.1. The second kappa shape index (κ2) is 8.88. The van der Waals surface area contributed by atoms with E-state index in [2.05, 4.69) is 10.2 Å². The lowest BCUT2D eigenvalue weighted by Crippen LogP contribution is -1.98. The summed E-state index contributed by atoms with van der Waals surface area (Å²) in [7, 11) is 0. The summed E-state index contributed by atoms with van der Waals surface area (Å²) in [6, 6.07) is 31.8. The van der Waals surface area contributed by atoms with Crippen molar-refractivity contribution in [2.24, 2.45) is 10.2 Å². The normalized spacial score (nSPS) is 11.4. The maximum Gasteiger partial charge on any atom is 0.368 e. The minimum atomic E-state index is -0.769. The molecule has 0 unspecified atom stereocenters. The van der Waals surface area contributed by atoms with Crippen LogP contribution in [0.1, 0.15) is 0 Å². The van der Waals surface area contributed by atoms with Crippen LogP contribution >= 0.6 is 0 Å². The zero-order chi connectivity index (χ0) is 24.5. The van der Waals surface area contributed by atoms with E-state index in [1.54, 1.807) is 42.5 Å². The SMILES string of the molecule is O=c1oc2ccccc2c(O)c1N=Nc1ccc2nc(-c3ccccc3)c(-c3ccccc3)nc2c1. The summed E-state index contributed by atoms with van der Waals surface area (Å²) < 4.78 is 5.26. The van der Waals surface area contributed by atoms with E-state index in [-0.39, 0.29) is 17.0 Å². The van der Waals surface area contributed by atoms with Gasteiger partial charge in [-0.25, -0.2) is 14.8 Å². The van der Waals surface area contributed by atoms with Crippen LogP contribution in [-0.2, 0) is 0 Å². The molecule has 0 fully saturated rings. The van der Waals surface area contributed by atoms with Crippen LogP contribution in [0.2, 0.25) is 0 Å². The zero-order valence-electron chi connectivity index (χ0n) is 18.9. The highest BCUT2D eigenvalue weighted by Crippen LogP contribution is 2.34. The molecule has 0 saturated carbocycles. The maximum atomic E-state index is 12.4. The van der Waals surface area contributed by atoms with Gasteiger partial charge in [0, 0.05) is 11.1 Å². The summed E-state index contributed by atoms with van der Waals surface area (Å²) in [5.74, 6) is -0.273. The number of hydrogen-bond donors (Lipinski definition) is 1. The Kier molecular flexibility index (Phi) is 5.27. The van der Waals surface area contributed by atoms with Gasteiger partial charge in [0.1, 0.15) is 5.58 Å². The molecule has 7 nitrogen and oxygen atoms in total. The first-order valence-corrected chi connectivity index (χ1v) is 11.3. The standard InChI is InChI=1S/C29H18N4O3/c34-28-21-13-7-8-14-24(21)36-29(35)27(28)33-32-20-15-16-22-23(17-20)31-26(19-11-5-2-6-12-19)25(30-22)18-9-3-1-4-10-18/h1-17,34H. The van der Waals surface area contributed by atoms with Crippen molar-refractivity contribution in [2.45, 2.75) is 0 Å². The molecular weight excluding hydrogens is 452 g/mol. The zero-order valence-corrected chi connectivity index (χ0v) is 18.9. The predicted molar refractivity (Wildman–Crippen MR) is 139 cm³/mol. The van der Waals surface area contributed by atoms with Crippen LogP contribution in [0.15, 0.2) is 123 Å². The first-order chi connectivity index (χ1) is 17.7. The minimum absolute atomic E-state index is 0.260. The summed E-state index contributed by atoms with van der Waals surface area (Å²) >= 11 is 0. The van der Waals surface area contributed by atoms with Crippen molar-refractivity contribution in [3.63, 3.8) is 0 Å². The molecule has 7 heteroatoms. The Labute approximate surface area is 205 Å². The molecule has 1 N–H and O–H groups in total. The molecule has 0 aliphatic rings. The minimum Gasteiger partial charge on any atom is -0.505 e. The average Bonchev–Trinajstić information content (AvgIpc) is 2.93. The van der Waals surface area contributed by atoms with Crippen molar-refractivity contribution in [1.82, 2.24) is 9.97 Å². The molecular formula is C29H18N4O3. The van der Waals surface area contributed by atoms with Gasteiger partial charge in [-0.3, -0.25) is 0 Å². The van der Waals surface area contributed by atoms with Crippen molar-refractivity contribution < 1.29 is 9.52 Å². The molecule has 0 amide bonds. The second-order valence-electron chi connectivity index (χ2n) is 8.11. The molecule has 36 heavy (non-hydrogen) atoms. The highest BCUT2D eigenvalue weighted by molar-refractivity contribution is 5.88. The van der Waals surface area contributed by atoms with Crippen molar-refractivity contribution in [3.05, 3.63) is 114 Å². The number of rotatable bonds is 4. The van der Waals surface area contributed by atoms with Gasteiger partial charge in [0.25, 0.3) is 0 Å². The maximum absolute atomic E-state index is 12.4. The summed E-state index contributed by atoms with van der Waals surface area (Å²) in [6.45, 7) is 0. The van der Waals surface area contributed by atoms with E-state index in [0.717, 1.165) is 22.5 Å². The number of nitrogens with zero attached hydrogens (tertiary/aromatic N) is 4. The van der Waals surface area contributed by atoms with E-state index < -0.39 is 5.63 Å². The largest absolute Gasteiger partial charge is 0.505 e. The van der Waals surface area contributed by atoms with Crippen LogP contribution < -0.4 is 5.63 Å². The van der Waals surface area contributed by atoms with Gasteiger partial charge in [-0.1, -0.05) is 72.8 Å². The Bertz CT molecular complexity index is 1810. The fourth-order valence-corrected chi connectivity index (χ4v) is 4.02. The molecule has 4 aromatic carbocycles. The van der Waals surface area contributed by atoms with Crippen LogP contribution in [0, 0.1) is 0 Å². The summed E-state index contributed by atoms with van der Waals surface area (Å²) in [4.78, 5) is 22.2. The van der Waals surface area contributed by atoms with Gasteiger partial charge in [0.15, 0.2) is 5.75 Å². The summed E-state index contributed by atoms with van der Waals surface area (Å²) in [5.41, 5.74) is 4.46. The molecule has 6 aromatic rings. The van der Waals surface area contributed by atoms with E-state index in [0.29, 0.717) is 22.1 Å². The van der Waals surface area contributed by atoms with E-state index in [1.807, 2.05) is 60.7 Å². The number of benzene rings is 4. The van der Waals surface area contributed by atoms with E-state index >= 15 is 0 Å². The fraction of sp³-hybridized carbons (Fsp3) is 0. The van der Waals surface area contributed by atoms with Gasteiger partial charge in [-0.2, -0.15) is 5.11 Å². The highest BCUT2D eigenvalue weighted by atomic mass is 16.4. The third kappa shape index (κ3) is 3.88. The fourth-order valence-electron chi connectivity index (χ4n) is 4.02. The number of azo groups is 1. The topological polar surface area (TPSA) is 101 Å². The smallest absolute Gasteiger partial charge is 0.368 e. The molecule has 0 radical (unpaired) electrons. The lowest BCUT2D eigenvalue weighted by Gasteiger charge is -2.10. The quantitative estimate of drug-likeness (QED) is 0.217. The molecule has 0 bridgehead atoms. The van der Waals surface area contributed by atoms with Crippen LogP contribution in [0.25, 0.3) is 44.5 Å². The van der Waals surface area contributed by atoms with Crippen LogP contribution in [-0.4, -0.2) is 15.1 Å². The van der Waals surface area contributed by atoms with Gasteiger partial charge >= 0.3 is 5.63 Å². The van der Waals surface area contributed by atoms with E-state index in [1.165, 1.54) is 0 Å². The van der Waals surface area contributed by atoms with Crippen molar-refractivity contribution in [3.8, 4) is 28.3 Å². The average molecular weight is 470 g/mol. The second-order valence-corrected chi connectivity index (χ2v) is 8.11. The van der Waals surface area contributed by atoms with Crippen molar-refractivity contribution in [2.75, 3.05) is 0 Å². The number of aromatic nitrogens is 2. The third-order valence-corrected chi connectivity index (χ3v) is 5.77. The molecule has 0 aliphatic carbocycles. The first-order valence-electron chi connectivity index (χ1n) is 11.3. The van der Waals surface area contributed by atoms with Gasteiger partial charge in [0.2, 0.25) is 5.69 Å². The van der Waals surface area contributed by atoms with Gasteiger partial charge in [-0.05, 0) is 30.3 Å². The van der Waals surface area contributed by atoms with Crippen LogP contribution in [0.3, 0.4) is 0 Å². The number of hydrogen-bond acceptors (Lipinski definition) is 7. The molecule has 0 saturated heterocycles. The lowest BCUT2D eigenvalue weighted by atomic mass is 10.0. The third-order valence-electron chi connectivity index (χ3n) is 5.77. The molecule has 2 aromatic heterocycles. The Hall–Kier alpha value is -5.17. The monoisotopic (exact) mass is 470 g/mol. The van der Waals surface area contributed by atoms with E-state index in [9.17, 15) is 9.90 Å². The van der Waals surface area contributed by atoms with E-state index in [4.69, 9.17) is 14.4 Å². The highest BCUT2D eigenvalue weighted by Gasteiger charge is 2.15. The first kappa shape index (κ1) is 21.4. The van der Waals surface area contributed by atoms with Gasteiger partial charge in [0.05, 0.1) is 33.5 Å². The van der Waals surface area contributed by atoms with Crippen LogP contribution in [0.4, 0.5) is 11.4 Å². The van der Waals surface area contributed by atoms with Crippen molar-refractivity contribution in [1.29, 1.82) is 0 Å². The number of fused-ring (bicyclic) bond motifs is 2. The Morgan fingerprint density at radius 3 is 1.97 bits per heavy atom. The van der Waals surface area contributed by atoms with Gasteiger partial charge < -0.3 is 9.52 Å². The lowest BCUT2D eigenvalue weighted by molar-refractivity contribution is 0.469. The molecule has 172 valence electrons. The van der Waals surface area contributed by atoms with Gasteiger partial charge in [-0.15, -0.1) is 5.11 Å². The molecule has 0 aliphatic heterocycles. The number of para-hydroxylation sites is 1. The van der Waals surface area contributed by atoms with Crippen molar-refractivity contribution >= 4 is 33.4 Å². The number of aromatic hydroxyl groups is 1. The predicted octanol–water partition coefficient (Wildman–Crippen LogP) is 7.19. The Morgan fingerprint density at radius 1 is 0.667 bits per heavy atom.